The molecule has 8 heteroatoms. The average molecular weight is 373 g/mol. The van der Waals surface area contributed by atoms with Crippen molar-refractivity contribution in [3.05, 3.63) is 72.1 Å². The van der Waals surface area contributed by atoms with Crippen LogP contribution in [0, 0.1) is 0 Å². The van der Waals surface area contributed by atoms with Crippen LogP contribution in [0.3, 0.4) is 0 Å². The van der Waals surface area contributed by atoms with E-state index in [-0.39, 0.29) is 17.1 Å². The molecule has 0 aliphatic carbocycles. The van der Waals surface area contributed by atoms with Crippen LogP contribution in [-0.2, 0) is 6.54 Å². The number of hydrogen-bond donors (Lipinski definition) is 1. The minimum atomic E-state index is -2.98. The molecular weight excluding hydrogens is 356 g/mol. The summed E-state index contributed by atoms with van der Waals surface area (Å²) in [5.41, 5.74) is 1.76. The van der Waals surface area contributed by atoms with E-state index in [2.05, 4.69) is 15.2 Å². The number of aromatic nitrogens is 2. The quantitative estimate of drug-likeness (QED) is 0.684. The molecule has 0 saturated heterocycles. The summed E-state index contributed by atoms with van der Waals surface area (Å²) in [6.45, 7) is -2.48. The molecule has 6 nitrogen and oxygen atoms in total. The van der Waals surface area contributed by atoms with Gasteiger partial charge in [0.15, 0.2) is 11.5 Å². The molecular formula is C19H17F2N3O3. The van der Waals surface area contributed by atoms with Gasteiger partial charge in [-0.25, -0.2) is 0 Å². The molecule has 0 radical (unpaired) electrons. The molecule has 0 bridgehead atoms. The minimum absolute atomic E-state index is 0.0489. The van der Waals surface area contributed by atoms with E-state index in [1.807, 2.05) is 30.5 Å². The van der Waals surface area contributed by atoms with Gasteiger partial charge in [-0.05, 0) is 35.9 Å². The van der Waals surface area contributed by atoms with Crippen LogP contribution in [0.4, 0.5) is 14.5 Å². The Balaban J connectivity index is 1.79. The van der Waals surface area contributed by atoms with Gasteiger partial charge in [-0.15, -0.1) is 0 Å². The van der Waals surface area contributed by atoms with Crippen molar-refractivity contribution in [2.24, 2.45) is 0 Å². The Bertz CT molecular complexity index is 914. The zero-order valence-electron chi connectivity index (χ0n) is 14.4. The molecule has 0 aliphatic rings. The first-order chi connectivity index (χ1) is 13.1. The average Bonchev–Trinajstić information content (AvgIpc) is 3.16. The van der Waals surface area contributed by atoms with E-state index in [9.17, 15) is 13.6 Å². The van der Waals surface area contributed by atoms with E-state index in [0.29, 0.717) is 12.2 Å². The number of hydrogen-bond acceptors (Lipinski definition) is 4. The normalized spacial score (nSPS) is 10.7. The van der Waals surface area contributed by atoms with Gasteiger partial charge >= 0.3 is 6.61 Å². The number of halogens is 2. The fourth-order valence-corrected chi connectivity index (χ4v) is 2.55. The van der Waals surface area contributed by atoms with Gasteiger partial charge in [0, 0.05) is 23.6 Å². The van der Waals surface area contributed by atoms with E-state index in [1.54, 1.807) is 16.9 Å². The van der Waals surface area contributed by atoms with E-state index < -0.39 is 12.5 Å². The molecule has 0 saturated carbocycles. The van der Waals surface area contributed by atoms with Crippen molar-refractivity contribution in [1.29, 1.82) is 0 Å². The summed E-state index contributed by atoms with van der Waals surface area (Å²) in [7, 11) is 1.31. The predicted molar refractivity (Wildman–Crippen MR) is 95.4 cm³/mol. The van der Waals surface area contributed by atoms with Crippen molar-refractivity contribution in [1.82, 2.24) is 9.78 Å². The Morgan fingerprint density at radius 2 is 2.00 bits per heavy atom. The Labute approximate surface area is 154 Å². The van der Waals surface area contributed by atoms with Crippen molar-refractivity contribution in [2.45, 2.75) is 13.2 Å². The highest BCUT2D eigenvalue weighted by Crippen LogP contribution is 2.30. The first-order valence-corrected chi connectivity index (χ1v) is 8.06. The lowest BCUT2D eigenvalue weighted by atomic mass is 10.1. The molecule has 0 spiro atoms. The summed E-state index contributed by atoms with van der Waals surface area (Å²) in [6.07, 6.45) is 3.50. The lowest BCUT2D eigenvalue weighted by Crippen LogP contribution is -2.14. The third-order valence-electron chi connectivity index (χ3n) is 3.80. The molecule has 1 N–H and O–H groups in total. The molecule has 1 heterocycles. The Hall–Kier alpha value is -3.42. The van der Waals surface area contributed by atoms with Gasteiger partial charge < -0.3 is 14.8 Å². The summed E-state index contributed by atoms with van der Waals surface area (Å²) in [4.78, 5) is 12.6. The molecule has 27 heavy (non-hydrogen) atoms. The largest absolute Gasteiger partial charge is 0.493 e. The van der Waals surface area contributed by atoms with Gasteiger partial charge in [0.2, 0.25) is 0 Å². The first-order valence-electron chi connectivity index (χ1n) is 8.06. The number of benzene rings is 2. The van der Waals surface area contributed by atoms with Crippen LogP contribution in [0.2, 0.25) is 0 Å². The highest BCUT2D eigenvalue weighted by atomic mass is 19.3. The SMILES string of the molecule is COc1cc(C(=O)Nc2ccccc2Cn2cccn2)ccc1OC(F)F. The molecule has 0 aliphatic heterocycles. The molecule has 3 rings (SSSR count). The van der Waals surface area contributed by atoms with Gasteiger partial charge in [-0.1, -0.05) is 18.2 Å². The maximum absolute atomic E-state index is 12.6. The maximum Gasteiger partial charge on any atom is 0.387 e. The lowest BCUT2D eigenvalue weighted by Gasteiger charge is -2.13. The Morgan fingerprint density at radius 3 is 2.70 bits per heavy atom. The number of methoxy groups -OCH3 is 1. The summed E-state index contributed by atoms with van der Waals surface area (Å²) in [5.74, 6) is -0.485. The van der Waals surface area contributed by atoms with Gasteiger partial charge in [-0.3, -0.25) is 9.48 Å². The maximum atomic E-state index is 12.6. The molecule has 140 valence electrons. The fraction of sp³-hybridized carbons (Fsp3) is 0.158. The first kappa shape index (κ1) is 18.4. The second kappa shape index (κ2) is 8.31. The number of nitrogens with one attached hydrogen (secondary N) is 1. The van der Waals surface area contributed by atoms with Crippen LogP contribution < -0.4 is 14.8 Å². The highest BCUT2D eigenvalue weighted by Gasteiger charge is 2.15. The topological polar surface area (TPSA) is 65.4 Å². The van der Waals surface area contributed by atoms with Gasteiger partial charge in [0.05, 0.1) is 13.7 Å². The lowest BCUT2D eigenvalue weighted by molar-refractivity contribution is -0.0512. The second-order valence-corrected chi connectivity index (χ2v) is 5.56. The number of amides is 1. The number of carbonyl (C=O) groups excluding carboxylic acids is 1. The van der Waals surface area contributed by atoms with Crippen LogP contribution in [-0.4, -0.2) is 29.4 Å². The van der Waals surface area contributed by atoms with E-state index in [4.69, 9.17) is 4.74 Å². The van der Waals surface area contributed by atoms with Gasteiger partial charge in [-0.2, -0.15) is 13.9 Å². The molecule has 1 aromatic heterocycles. The fourth-order valence-electron chi connectivity index (χ4n) is 2.55. The third-order valence-corrected chi connectivity index (χ3v) is 3.80. The van der Waals surface area contributed by atoms with Crippen molar-refractivity contribution in [2.75, 3.05) is 12.4 Å². The van der Waals surface area contributed by atoms with E-state index >= 15 is 0 Å². The van der Waals surface area contributed by atoms with Crippen LogP contribution in [0.1, 0.15) is 15.9 Å². The predicted octanol–water partition coefficient (Wildman–Crippen LogP) is 3.79. The van der Waals surface area contributed by atoms with Crippen molar-refractivity contribution >= 4 is 11.6 Å². The van der Waals surface area contributed by atoms with Crippen molar-refractivity contribution < 1.29 is 23.0 Å². The Kier molecular flexibility index (Phi) is 5.65. The van der Waals surface area contributed by atoms with Gasteiger partial charge in [0.25, 0.3) is 5.91 Å². The summed E-state index contributed by atoms with van der Waals surface area (Å²) in [5, 5.41) is 6.98. The zero-order valence-corrected chi connectivity index (χ0v) is 14.4. The summed E-state index contributed by atoms with van der Waals surface area (Å²) >= 11 is 0. The number of alkyl halides is 2. The third kappa shape index (κ3) is 4.60. The Morgan fingerprint density at radius 1 is 1.19 bits per heavy atom. The second-order valence-electron chi connectivity index (χ2n) is 5.56. The van der Waals surface area contributed by atoms with Crippen LogP contribution >= 0.6 is 0 Å². The minimum Gasteiger partial charge on any atom is -0.493 e. The van der Waals surface area contributed by atoms with E-state index in [0.717, 1.165) is 5.56 Å². The highest BCUT2D eigenvalue weighted by molar-refractivity contribution is 6.05. The van der Waals surface area contributed by atoms with Crippen LogP contribution in [0.15, 0.2) is 60.9 Å². The molecule has 3 aromatic rings. The molecule has 0 atom stereocenters. The molecule has 2 aromatic carbocycles. The van der Waals surface area contributed by atoms with Crippen molar-refractivity contribution in [3.8, 4) is 11.5 Å². The van der Waals surface area contributed by atoms with Gasteiger partial charge in [0.1, 0.15) is 0 Å². The number of rotatable bonds is 7. The molecule has 1 amide bonds. The standard InChI is InChI=1S/C19H17F2N3O3/c1-26-17-11-13(7-8-16(17)27-19(20)21)18(25)23-15-6-3-2-5-14(15)12-24-10-4-9-22-24/h2-11,19H,12H2,1H3,(H,23,25). The van der Waals surface area contributed by atoms with Crippen molar-refractivity contribution in [3.63, 3.8) is 0 Å². The summed E-state index contributed by atoms with van der Waals surface area (Å²) < 4.78 is 36.0. The number of para-hydroxylation sites is 1. The monoisotopic (exact) mass is 373 g/mol. The number of anilines is 1. The summed E-state index contributed by atoms with van der Waals surface area (Å²) in [6, 6.07) is 13.2. The number of ether oxygens (including phenoxy) is 2. The number of carbonyl (C=O) groups is 1. The zero-order chi connectivity index (χ0) is 19.2. The molecule has 0 unspecified atom stereocenters. The van der Waals surface area contributed by atoms with Crippen LogP contribution in [0.25, 0.3) is 0 Å². The smallest absolute Gasteiger partial charge is 0.387 e. The number of nitrogens with zero attached hydrogens (tertiary/aromatic N) is 2. The van der Waals surface area contributed by atoms with Crippen LogP contribution in [0.5, 0.6) is 11.5 Å². The van der Waals surface area contributed by atoms with E-state index in [1.165, 1.54) is 25.3 Å². The molecule has 0 fully saturated rings.